The van der Waals surface area contributed by atoms with Crippen LogP contribution in [-0.4, -0.2) is 37.5 Å². The fraction of sp³-hybridized carbons (Fsp3) is 0.0714. The second-order valence-electron chi connectivity index (χ2n) is 9.27. The molecule has 0 radical (unpaired) electrons. The summed E-state index contributed by atoms with van der Waals surface area (Å²) in [5, 5.41) is 5.65. The van der Waals surface area contributed by atoms with Gasteiger partial charge in [0.1, 0.15) is 20.2 Å². The number of fused-ring (bicyclic) bond motifs is 2. The first-order valence-electron chi connectivity index (χ1n) is 11.8. The molecule has 0 saturated heterocycles. The van der Waals surface area contributed by atoms with Gasteiger partial charge in [-0.05, 0) is 61.4 Å². The molecule has 40 heavy (non-hydrogen) atoms. The third kappa shape index (κ3) is 4.89. The van der Waals surface area contributed by atoms with Crippen molar-refractivity contribution in [1.82, 2.24) is 0 Å². The molecule has 1 aliphatic carbocycles. The molecule has 4 aromatic rings. The van der Waals surface area contributed by atoms with Crippen molar-refractivity contribution in [2.24, 2.45) is 0 Å². The van der Waals surface area contributed by atoms with Crippen LogP contribution in [0.25, 0.3) is 0 Å². The Bertz CT molecular complexity index is 1820. The Morgan fingerprint density at radius 3 is 1.25 bits per heavy atom. The SMILES string of the molecule is Cc1ccc(Nc2ccc(Nc3ccc(C)cc3S(=O)(=O)[O-])c3c2C(=O)c2ccccc2C3=O)c(S(=O)(=O)[O-])c1. The van der Waals surface area contributed by atoms with E-state index in [2.05, 4.69) is 10.6 Å². The number of nitrogens with one attached hydrogen (secondary N) is 2. The fourth-order valence-corrected chi connectivity index (χ4v) is 6.04. The Hall–Kier alpha value is -4.36. The van der Waals surface area contributed by atoms with Gasteiger partial charge in [-0.3, -0.25) is 9.59 Å². The highest BCUT2D eigenvalue weighted by Crippen LogP contribution is 2.40. The molecule has 12 heteroatoms. The standard InChI is InChI=1S/C28H22N2O8S2/c1-15-7-9-19(23(13-15)39(33,34)35)29-21-11-12-22(30-20-10-8-16(2)14-24(20)40(36,37)38)26-25(21)27(31)17-5-3-4-6-18(17)28(26)32/h3-14,29-30H,1-2H3,(H,33,34,35)(H,36,37,38)/p-2. The van der Waals surface area contributed by atoms with Gasteiger partial charge in [0.05, 0.1) is 43.7 Å². The van der Waals surface area contributed by atoms with E-state index in [0.717, 1.165) is 0 Å². The number of rotatable bonds is 6. The molecule has 0 heterocycles. The average molecular weight is 577 g/mol. The third-order valence-corrected chi connectivity index (χ3v) is 8.18. The third-order valence-electron chi connectivity index (χ3n) is 6.43. The smallest absolute Gasteiger partial charge is 0.196 e. The number of carbonyl (C=O) groups excluding carboxylic acids is 2. The van der Waals surface area contributed by atoms with Crippen LogP contribution in [-0.2, 0) is 20.2 Å². The van der Waals surface area contributed by atoms with Crippen LogP contribution in [0.4, 0.5) is 22.7 Å². The zero-order valence-electron chi connectivity index (χ0n) is 21.0. The van der Waals surface area contributed by atoms with E-state index in [4.69, 9.17) is 0 Å². The highest BCUT2D eigenvalue weighted by molar-refractivity contribution is 7.86. The normalized spacial score (nSPS) is 13.0. The van der Waals surface area contributed by atoms with E-state index in [-0.39, 0.29) is 45.0 Å². The maximum Gasteiger partial charge on any atom is 0.196 e. The fourth-order valence-electron chi connectivity index (χ4n) is 4.60. The largest absolute Gasteiger partial charge is 0.744 e. The van der Waals surface area contributed by atoms with Gasteiger partial charge >= 0.3 is 0 Å². The molecule has 0 unspecified atom stereocenters. The van der Waals surface area contributed by atoms with Gasteiger partial charge < -0.3 is 19.7 Å². The van der Waals surface area contributed by atoms with E-state index in [9.17, 15) is 35.5 Å². The summed E-state index contributed by atoms with van der Waals surface area (Å²) in [6, 6.07) is 17.2. The van der Waals surface area contributed by atoms with Crippen LogP contribution in [0.2, 0.25) is 0 Å². The van der Waals surface area contributed by atoms with Gasteiger partial charge in [-0.25, -0.2) is 16.8 Å². The van der Waals surface area contributed by atoms with E-state index in [1.807, 2.05) is 0 Å². The zero-order chi connectivity index (χ0) is 29.0. The molecule has 0 amide bonds. The van der Waals surface area contributed by atoms with Gasteiger partial charge in [-0.15, -0.1) is 0 Å². The Kier molecular flexibility index (Phi) is 6.59. The van der Waals surface area contributed by atoms with Crippen LogP contribution in [0.15, 0.2) is 82.6 Å². The Balaban J connectivity index is 1.73. The summed E-state index contributed by atoms with van der Waals surface area (Å²) >= 11 is 0. The predicted molar refractivity (Wildman–Crippen MR) is 145 cm³/mol. The van der Waals surface area contributed by atoms with Gasteiger partial charge in [0.2, 0.25) is 0 Å². The maximum absolute atomic E-state index is 13.7. The molecule has 0 fully saturated rings. The van der Waals surface area contributed by atoms with Gasteiger partial charge in [-0.1, -0.05) is 36.4 Å². The highest BCUT2D eigenvalue weighted by Gasteiger charge is 2.34. The first-order chi connectivity index (χ1) is 18.8. The van der Waals surface area contributed by atoms with Crippen LogP contribution in [0.5, 0.6) is 0 Å². The molecule has 5 rings (SSSR count). The van der Waals surface area contributed by atoms with Crippen molar-refractivity contribution in [1.29, 1.82) is 0 Å². The van der Waals surface area contributed by atoms with Crippen LogP contribution < -0.4 is 10.6 Å². The number of hydrogen-bond donors (Lipinski definition) is 2. The number of ketones is 2. The van der Waals surface area contributed by atoms with Gasteiger partial charge in [0.25, 0.3) is 0 Å². The Labute approximate surface area is 230 Å². The van der Waals surface area contributed by atoms with Crippen LogP contribution in [0.3, 0.4) is 0 Å². The number of aryl methyl sites for hydroxylation is 2. The zero-order valence-corrected chi connectivity index (χ0v) is 22.6. The number of anilines is 4. The molecule has 0 bridgehead atoms. The summed E-state index contributed by atoms with van der Waals surface area (Å²) in [4.78, 5) is 26.4. The number of carbonyl (C=O) groups is 2. The van der Waals surface area contributed by atoms with Crippen molar-refractivity contribution in [3.05, 3.63) is 106 Å². The highest BCUT2D eigenvalue weighted by atomic mass is 32.2. The van der Waals surface area contributed by atoms with Crippen molar-refractivity contribution in [2.75, 3.05) is 10.6 Å². The summed E-state index contributed by atoms with van der Waals surface area (Å²) in [6.45, 7) is 3.22. The van der Waals surface area contributed by atoms with Crippen LogP contribution in [0, 0.1) is 13.8 Å². The number of benzene rings is 4. The van der Waals surface area contributed by atoms with Crippen molar-refractivity contribution >= 4 is 54.6 Å². The summed E-state index contributed by atoms with van der Waals surface area (Å²) in [6.07, 6.45) is 0. The van der Waals surface area contributed by atoms with Crippen LogP contribution >= 0.6 is 0 Å². The molecule has 10 nitrogen and oxygen atoms in total. The molecule has 1 aliphatic rings. The molecule has 0 aromatic heterocycles. The molecular weight excluding hydrogens is 556 g/mol. The monoisotopic (exact) mass is 576 g/mol. The van der Waals surface area contributed by atoms with Gasteiger partial charge in [0.15, 0.2) is 11.6 Å². The topological polar surface area (TPSA) is 173 Å². The summed E-state index contributed by atoms with van der Waals surface area (Å²) < 4.78 is 71.7. The van der Waals surface area contributed by atoms with Crippen molar-refractivity contribution < 1.29 is 35.5 Å². The van der Waals surface area contributed by atoms with Gasteiger partial charge in [-0.2, -0.15) is 0 Å². The maximum atomic E-state index is 13.7. The first-order valence-corrected chi connectivity index (χ1v) is 14.6. The lowest BCUT2D eigenvalue weighted by Gasteiger charge is -2.25. The molecular formula is C28H20N2O8S2-2. The molecule has 0 atom stereocenters. The molecule has 204 valence electrons. The Morgan fingerprint density at radius 2 is 0.900 bits per heavy atom. The van der Waals surface area contributed by atoms with E-state index in [0.29, 0.717) is 11.1 Å². The quantitative estimate of drug-likeness (QED) is 0.276. The lowest BCUT2D eigenvalue weighted by molar-refractivity contribution is 0.0980. The van der Waals surface area contributed by atoms with E-state index in [1.165, 1.54) is 48.5 Å². The van der Waals surface area contributed by atoms with Gasteiger partial charge in [0, 0.05) is 11.1 Å². The molecule has 0 aliphatic heterocycles. The van der Waals surface area contributed by atoms with Crippen molar-refractivity contribution in [3.8, 4) is 0 Å². The lowest BCUT2D eigenvalue weighted by atomic mass is 9.82. The second kappa shape index (κ2) is 9.68. The van der Waals surface area contributed by atoms with E-state index < -0.39 is 41.6 Å². The van der Waals surface area contributed by atoms with Crippen molar-refractivity contribution in [2.45, 2.75) is 23.6 Å². The Morgan fingerprint density at radius 1 is 0.550 bits per heavy atom. The molecule has 2 N–H and O–H groups in total. The summed E-state index contributed by atoms with van der Waals surface area (Å²) in [5.41, 5.74) is 0.905. The minimum Gasteiger partial charge on any atom is -0.744 e. The van der Waals surface area contributed by atoms with E-state index in [1.54, 1.807) is 38.1 Å². The van der Waals surface area contributed by atoms with Crippen molar-refractivity contribution in [3.63, 3.8) is 0 Å². The van der Waals surface area contributed by atoms with Crippen LogP contribution in [0.1, 0.15) is 43.0 Å². The lowest BCUT2D eigenvalue weighted by Crippen LogP contribution is -2.23. The number of hydrogen-bond acceptors (Lipinski definition) is 10. The minimum absolute atomic E-state index is 0.0442. The molecule has 0 saturated carbocycles. The molecule has 4 aromatic carbocycles. The second-order valence-corrected chi connectivity index (χ2v) is 12.0. The van der Waals surface area contributed by atoms with E-state index >= 15 is 0 Å². The minimum atomic E-state index is -4.90. The first kappa shape index (κ1) is 27.2. The average Bonchev–Trinajstić information content (AvgIpc) is 2.88. The summed E-state index contributed by atoms with van der Waals surface area (Å²) in [5.74, 6) is -1.12. The predicted octanol–water partition coefficient (Wildman–Crippen LogP) is 4.37. The molecule has 0 spiro atoms. The summed E-state index contributed by atoms with van der Waals surface area (Å²) in [7, 11) is -9.81.